The lowest BCUT2D eigenvalue weighted by Gasteiger charge is -2.35. The number of benzene rings is 2. The molecule has 2 aromatic rings. The van der Waals surface area contributed by atoms with Gasteiger partial charge in [-0.2, -0.15) is 0 Å². The summed E-state index contributed by atoms with van der Waals surface area (Å²) in [5.41, 5.74) is 9.25. The van der Waals surface area contributed by atoms with Crippen LogP contribution in [0.3, 0.4) is 0 Å². The molecule has 0 saturated carbocycles. The van der Waals surface area contributed by atoms with Crippen LogP contribution >= 0.6 is 0 Å². The summed E-state index contributed by atoms with van der Waals surface area (Å²) >= 11 is 0. The first-order valence-electron chi connectivity index (χ1n) is 7.40. The quantitative estimate of drug-likeness (QED) is 0.940. The number of hydrogen-bond donors (Lipinski definition) is 1. The molecule has 2 aromatic carbocycles. The van der Waals surface area contributed by atoms with Gasteiger partial charge in [0.2, 0.25) is 5.91 Å². The lowest BCUT2D eigenvalue weighted by molar-refractivity contribution is -0.124. The third-order valence-corrected chi connectivity index (χ3v) is 4.22. The van der Waals surface area contributed by atoms with Crippen LogP contribution in [0.1, 0.15) is 16.7 Å². The zero-order valence-electron chi connectivity index (χ0n) is 12.7. The first-order valence-corrected chi connectivity index (χ1v) is 7.40. The van der Waals surface area contributed by atoms with Crippen molar-refractivity contribution in [3.8, 4) is 5.75 Å². The van der Waals surface area contributed by atoms with Crippen molar-refractivity contribution in [2.45, 2.75) is 25.6 Å². The number of hydrogen-bond acceptors (Lipinski definition) is 3. The molecule has 0 fully saturated rings. The molecule has 1 amide bonds. The fourth-order valence-electron chi connectivity index (χ4n) is 2.99. The van der Waals surface area contributed by atoms with Gasteiger partial charge in [-0.05, 0) is 35.2 Å². The van der Waals surface area contributed by atoms with Gasteiger partial charge in [0.05, 0.1) is 13.2 Å². The predicted octanol–water partition coefficient (Wildman–Crippen LogP) is 2.11. The Labute approximate surface area is 130 Å². The smallest absolute Gasteiger partial charge is 0.235 e. The summed E-state index contributed by atoms with van der Waals surface area (Å²) in [6, 6.07) is 15.9. The molecule has 1 atom stereocenters. The molecule has 0 saturated heterocycles. The third kappa shape index (κ3) is 2.97. The van der Waals surface area contributed by atoms with E-state index in [4.69, 9.17) is 10.5 Å². The molecule has 22 heavy (non-hydrogen) atoms. The maximum Gasteiger partial charge on any atom is 0.235 e. The van der Waals surface area contributed by atoms with Crippen molar-refractivity contribution in [1.29, 1.82) is 0 Å². The van der Waals surface area contributed by atoms with E-state index < -0.39 is 0 Å². The van der Waals surface area contributed by atoms with Crippen LogP contribution in [-0.2, 0) is 24.3 Å². The summed E-state index contributed by atoms with van der Waals surface area (Å²) in [5, 5.41) is 0. The summed E-state index contributed by atoms with van der Waals surface area (Å²) in [5.74, 6) is 0.571. The van der Waals surface area contributed by atoms with Gasteiger partial charge in [0, 0.05) is 13.1 Å². The largest absolute Gasteiger partial charge is 0.497 e. The van der Waals surface area contributed by atoms with Gasteiger partial charge >= 0.3 is 0 Å². The number of amides is 1. The van der Waals surface area contributed by atoms with Crippen LogP contribution in [0.25, 0.3) is 0 Å². The van der Waals surface area contributed by atoms with Crippen molar-refractivity contribution in [2.75, 3.05) is 7.11 Å². The second kappa shape index (κ2) is 6.20. The van der Waals surface area contributed by atoms with E-state index in [-0.39, 0.29) is 11.9 Å². The summed E-state index contributed by atoms with van der Waals surface area (Å²) in [6.45, 7) is 1.45. The van der Waals surface area contributed by atoms with E-state index in [1.807, 2.05) is 36.4 Å². The maximum atomic E-state index is 11.8. The van der Waals surface area contributed by atoms with Crippen molar-refractivity contribution < 1.29 is 9.53 Å². The minimum atomic E-state index is -0.261. The van der Waals surface area contributed by atoms with Crippen molar-refractivity contribution >= 4 is 5.91 Å². The van der Waals surface area contributed by atoms with Gasteiger partial charge in [-0.25, -0.2) is 0 Å². The molecule has 1 aliphatic rings. The Morgan fingerprint density at radius 1 is 1.18 bits per heavy atom. The highest BCUT2D eigenvalue weighted by molar-refractivity contribution is 5.80. The SMILES string of the molecule is COc1ccc(CN2Cc3ccccc3CC2C(N)=O)cc1. The Balaban J connectivity index is 1.82. The summed E-state index contributed by atoms with van der Waals surface area (Å²) < 4.78 is 5.18. The molecule has 3 rings (SSSR count). The molecular weight excluding hydrogens is 276 g/mol. The average Bonchev–Trinajstić information content (AvgIpc) is 2.54. The Kier molecular flexibility index (Phi) is 4.11. The normalized spacial score (nSPS) is 17.8. The Bertz CT molecular complexity index is 667. The maximum absolute atomic E-state index is 11.8. The van der Waals surface area contributed by atoms with E-state index in [0.717, 1.165) is 17.9 Å². The average molecular weight is 296 g/mol. The molecule has 1 heterocycles. The van der Waals surface area contributed by atoms with Gasteiger partial charge in [0.25, 0.3) is 0 Å². The zero-order chi connectivity index (χ0) is 15.5. The zero-order valence-corrected chi connectivity index (χ0v) is 12.7. The molecule has 1 unspecified atom stereocenters. The number of primary amides is 1. The molecule has 4 nitrogen and oxygen atoms in total. The number of carbonyl (C=O) groups is 1. The standard InChI is InChI=1S/C18H20N2O2/c1-22-16-8-6-13(7-9-16)11-20-12-15-5-3-2-4-14(15)10-17(20)18(19)21/h2-9,17H,10-12H2,1H3,(H2,19,21). The number of carbonyl (C=O) groups excluding carboxylic acids is 1. The van der Waals surface area contributed by atoms with E-state index in [9.17, 15) is 4.79 Å². The first-order chi connectivity index (χ1) is 10.7. The number of fused-ring (bicyclic) bond motifs is 1. The van der Waals surface area contributed by atoms with Gasteiger partial charge in [-0.15, -0.1) is 0 Å². The first kappa shape index (κ1) is 14.6. The second-order valence-corrected chi connectivity index (χ2v) is 5.64. The molecule has 1 aliphatic heterocycles. The molecule has 114 valence electrons. The fraction of sp³-hybridized carbons (Fsp3) is 0.278. The van der Waals surface area contributed by atoms with Gasteiger partial charge in [-0.3, -0.25) is 9.69 Å². The van der Waals surface area contributed by atoms with Gasteiger partial charge < -0.3 is 10.5 Å². The van der Waals surface area contributed by atoms with Crippen molar-refractivity contribution in [3.05, 3.63) is 65.2 Å². The molecule has 0 spiro atoms. The molecular formula is C18H20N2O2. The topological polar surface area (TPSA) is 55.6 Å². The molecule has 4 heteroatoms. The van der Waals surface area contributed by atoms with E-state index in [2.05, 4.69) is 17.0 Å². The summed E-state index contributed by atoms with van der Waals surface area (Å²) in [6.07, 6.45) is 0.682. The number of nitrogens with zero attached hydrogens (tertiary/aromatic N) is 1. The van der Waals surface area contributed by atoms with Gasteiger partial charge in [0.15, 0.2) is 0 Å². The summed E-state index contributed by atoms with van der Waals surface area (Å²) in [4.78, 5) is 14.0. The lowest BCUT2D eigenvalue weighted by Crippen LogP contribution is -2.48. The number of nitrogens with two attached hydrogens (primary N) is 1. The number of methoxy groups -OCH3 is 1. The second-order valence-electron chi connectivity index (χ2n) is 5.64. The van der Waals surface area contributed by atoms with Crippen LogP contribution in [0.2, 0.25) is 0 Å². The van der Waals surface area contributed by atoms with Crippen LogP contribution in [-0.4, -0.2) is 24.0 Å². The minimum absolute atomic E-state index is 0.253. The third-order valence-electron chi connectivity index (χ3n) is 4.22. The predicted molar refractivity (Wildman–Crippen MR) is 85.4 cm³/mol. The Morgan fingerprint density at radius 3 is 2.50 bits per heavy atom. The molecule has 2 N–H and O–H groups in total. The van der Waals surface area contributed by atoms with E-state index in [0.29, 0.717) is 13.0 Å². The van der Waals surface area contributed by atoms with Crippen LogP contribution in [0.15, 0.2) is 48.5 Å². The Morgan fingerprint density at radius 2 is 1.86 bits per heavy atom. The Hall–Kier alpha value is -2.33. The van der Waals surface area contributed by atoms with Gasteiger partial charge in [0.1, 0.15) is 5.75 Å². The highest BCUT2D eigenvalue weighted by Gasteiger charge is 2.29. The molecule has 0 radical (unpaired) electrons. The number of ether oxygens (including phenoxy) is 1. The van der Waals surface area contributed by atoms with Crippen LogP contribution < -0.4 is 10.5 Å². The highest BCUT2D eigenvalue weighted by Crippen LogP contribution is 2.25. The van der Waals surface area contributed by atoms with Crippen molar-refractivity contribution in [3.63, 3.8) is 0 Å². The molecule has 0 bridgehead atoms. The van der Waals surface area contributed by atoms with Crippen molar-refractivity contribution in [2.24, 2.45) is 5.73 Å². The van der Waals surface area contributed by atoms with E-state index in [1.165, 1.54) is 11.1 Å². The summed E-state index contributed by atoms with van der Waals surface area (Å²) in [7, 11) is 1.65. The van der Waals surface area contributed by atoms with Crippen LogP contribution in [0.5, 0.6) is 5.75 Å². The van der Waals surface area contributed by atoms with Crippen LogP contribution in [0, 0.1) is 0 Å². The van der Waals surface area contributed by atoms with E-state index >= 15 is 0 Å². The van der Waals surface area contributed by atoms with Crippen molar-refractivity contribution in [1.82, 2.24) is 4.90 Å². The monoisotopic (exact) mass is 296 g/mol. The highest BCUT2D eigenvalue weighted by atomic mass is 16.5. The lowest BCUT2D eigenvalue weighted by atomic mass is 9.93. The van der Waals surface area contributed by atoms with E-state index in [1.54, 1.807) is 7.11 Å². The molecule has 0 aromatic heterocycles. The number of rotatable bonds is 4. The molecule has 0 aliphatic carbocycles. The van der Waals surface area contributed by atoms with Crippen LogP contribution in [0.4, 0.5) is 0 Å². The van der Waals surface area contributed by atoms with Gasteiger partial charge in [-0.1, -0.05) is 36.4 Å². The minimum Gasteiger partial charge on any atom is -0.497 e. The fourth-order valence-corrected chi connectivity index (χ4v) is 2.99.